The predicted octanol–water partition coefficient (Wildman–Crippen LogP) is 5.33. The first-order valence-corrected chi connectivity index (χ1v) is 9.61. The lowest BCUT2D eigenvalue weighted by Crippen LogP contribution is -2.27. The Hall–Kier alpha value is -2.15. The highest BCUT2D eigenvalue weighted by atomic mass is 35.5. The van der Waals surface area contributed by atoms with Gasteiger partial charge in [-0.05, 0) is 60.7 Å². The second-order valence-corrected chi connectivity index (χ2v) is 7.49. The minimum absolute atomic E-state index is 0.00834. The van der Waals surface area contributed by atoms with Gasteiger partial charge in [0.25, 0.3) is 11.1 Å². The van der Waals surface area contributed by atoms with Crippen LogP contribution >= 0.6 is 35.0 Å². The minimum atomic E-state index is -0.447. The van der Waals surface area contributed by atoms with Crippen LogP contribution in [0.1, 0.15) is 18.1 Å². The van der Waals surface area contributed by atoms with Gasteiger partial charge >= 0.3 is 0 Å². The Morgan fingerprint density at radius 1 is 1.19 bits per heavy atom. The third-order valence-electron chi connectivity index (χ3n) is 3.81. The highest BCUT2D eigenvalue weighted by Gasteiger charge is 2.35. The molecule has 0 radical (unpaired) electrons. The number of aromatic hydroxyl groups is 1. The molecule has 0 aliphatic carbocycles. The van der Waals surface area contributed by atoms with Crippen molar-refractivity contribution in [2.24, 2.45) is 0 Å². The van der Waals surface area contributed by atoms with E-state index in [0.717, 1.165) is 16.7 Å². The number of carbonyl (C=O) groups excluding carboxylic acids is 2. The maximum Gasteiger partial charge on any atom is 0.293 e. The molecule has 1 aliphatic rings. The Labute approximate surface area is 170 Å². The van der Waals surface area contributed by atoms with Crippen LogP contribution in [0, 0.1) is 0 Å². The van der Waals surface area contributed by atoms with Crippen molar-refractivity contribution >= 4 is 52.2 Å². The van der Waals surface area contributed by atoms with E-state index in [2.05, 4.69) is 0 Å². The normalized spacial score (nSPS) is 15.7. The summed E-state index contributed by atoms with van der Waals surface area (Å²) in [6, 6.07) is 9.61. The van der Waals surface area contributed by atoms with Crippen LogP contribution < -0.4 is 4.74 Å². The second kappa shape index (κ2) is 8.25. The third kappa shape index (κ3) is 4.40. The molecular weight excluding hydrogens is 409 g/mol. The number of ether oxygens (including phenoxy) is 1. The molecule has 1 heterocycles. The number of benzene rings is 2. The molecule has 0 spiro atoms. The average molecular weight is 424 g/mol. The van der Waals surface area contributed by atoms with Crippen LogP contribution in [-0.2, 0) is 11.3 Å². The maximum atomic E-state index is 12.7. The van der Waals surface area contributed by atoms with Gasteiger partial charge in [0.2, 0.25) is 0 Å². The largest absolute Gasteiger partial charge is 0.507 e. The molecule has 1 fully saturated rings. The van der Waals surface area contributed by atoms with Crippen LogP contribution in [0.5, 0.6) is 11.5 Å². The zero-order valence-electron chi connectivity index (χ0n) is 14.2. The van der Waals surface area contributed by atoms with E-state index in [4.69, 9.17) is 27.9 Å². The van der Waals surface area contributed by atoms with Crippen LogP contribution in [0.2, 0.25) is 10.0 Å². The van der Waals surface area contributed by atoms with E-state index >= 15 is 0 Å². The highest BCUT2D eigenvalue weighted by molar-refractivity contribution is 8.18. The van der Waals surface area contributed by atoms with Crippen molar-refractivity contribution in [3.05, 3.63) is 62.5 Å². The summed E-state index contributed by atoms with van der Waals surface area (Å²) in [5.41, 5.74) is 1.02. The minimum Gasteiger partial charge on any atom is -0.507 e. The molecule has 8 heteroatoms. The fraction of sp³-hybridized carbons (Fsp3) is 0.158. The van der Waals surface area contributed by atoms with Crippen LogP contribution in [0.25, 0.3) is 6.08 Å². The number of phenols is 1. The molecule has 0 atom stereocenters. The average Bonchev–Trinajstić information content (AvgIpc) is 2.87. The monoisotopic (exact) mass is 423 g/mol. The smallest absolute Gasteiger partial charge is 0.293 e. The summed E-state index contributed by atoms with van der Waals surface area (Å²) < 4.78 is 5.40. The summed E-state index contributed by atoms with van der Waals surface area (Å²) in [4.78, 5) is 26.3. The Bertz CT molecular complexity index is 945. The molecule has 2 aromatic rings. The number of hydrogen-bond acceptors (Lipinski definition) is 5. The van der Waals surface area contributed by atoms with Crippen LogP contribution in [0.3, 0.4) is 0 Å². The van der Waals surface area contributed by atoms with E-state index in [0.29, 0.717) is 33.5 Å². The highest BCUT2D eigenvalue weighted by Crippen LogP contribution is 2.36. The van der Waals surface area contributed by atoms with Gasteiger partial charge < -0.3 is 9.84 Å². The van der Waals surface area contributed by atoms with Crippen molar-refractivity contribution in [3.63, 3.8) is 0 Å². The molecule has 140 valence electrons. The molecule has 0 unspecified atom stereocenters. The van der Waals surface area contributed by atoms with Gasteiger partial charge in [0, 0.05) is 15.6 Å². The Morgan fingerprint density at radius 3 is 2.67 bits per heavy atom. The number of hydrogen-bond donors (Lipinski definition) is 1. The Morgan fingerprint density at radius 2 is 1.96 bits per heavy atom. The number of carbonyl (C=O) groups is 2. The molecule has 1 N–H and O–H groups in total. The molecule has 2 aromatic carbocycles. The molecule has 0 bridgehead atoms. The molecule has 1 aliphatic heterocycles. The number of halogens is 2. The fourth-order valence-electron chi connectivity index (χ4n) is 2.50. The molecule has 27 heavy (non-hydrogen) atoms. The van der Waals surface area contributed by atoms with E-state index in [1.54, 1.807) is 30.3 Å². The number of imide groups is 1. The maximum absolute atomic E-state index is 12.7. The SMILES string of the molecule is CCOc1ccc(O)c(/C=C2\SC(=O)N(Cc3ccc(Cl)cc3Cl)C2=O)c1. The predicted molar refractivity (Wildman–Crippen MR) is 107 cm³/mol. The lowest BCUT2D eigenvalue weighted by atomic mass is 10.1. The fourth-order valence-corrected chi connectivity index (χ4v) is 3.80. The van der Waals surface area contributed by atoms with Crippen LogP contribution in [0.4, 0.5) is 4.79 Å². The number of amides is 2. The molecule has 2 amide bonds. The standard InChI is InChI=1S/C19H15Cl2NO4S/c1-2-26-14-5-6-16(23)12(7-14)8-17-18(24)22(19(25)27-17)10-11-3-4-13(20)9-15(11)21/h3-9,23H,2,10H2,1H3/b17-8-. The first kappa shape index (κ1) is 19.6. The number of rotatable bonds is 5. The van der Waals surface area contributed by atoms with Gasteiger partial charge in [0.1, 0.15) is 11.5 Å². The van der Waals surface area contributed by atoms with Gasteiger partial charge in [-0.1, -0.05) is 29.3 Å². The lowest BCUT2D eigenvalue weighted by molar-refractivity contribution is -0.123. The van der Waals surface area contributed by atoms with Crippen molar-refractivity contribution in [2.75, 3.05) is 6.61 Å². The van der Waals surface area contributed by atoms with E-state index in [1.807, 2.05) is 6.92 Å². The zero-order valence-corrected chi connectivity index (χ0v) is 16.6. The van der Waals surface area contributed by atoms with E-state index in [1.165, 1.54) is 12.1 Å². The number of phenolic OH excluding ortho intramolecular Hbond substituents is 1. The molecule has 3 rings (SSSR count). The van der Waals surface area contributed by atoms with Gasteiger partial charge in [-0.15, -0.1) is 0 Å². The van der Waals surface area contributed by atoms with Crippen molar-refractivity contribution in [1.82, 2.24) is 4.90 Å². The van der Waals surface area contributed by atoms with Crippen LogP contribution in [-0.4, -0.2) is 27.8 Å². The van der Waals surface area contributed by atoms with Crippen molar-refractivity contribution in [3.8, 4) is 11.5 Å². The van der Waals surface area contributed by atoms with E-state index in [-0.39, 0.29) is 17.2 Å². The molecule has 1 saturated heterocycles. The second-order valence-electron chi connectivity index (χ2n) is 5.66. The summed E-state index contributed by atoms with van der Waals surface area (Å²) in [5.74, 6) is 0.108. The molecule has 0 aromatic heterocycles. The third-order valence-corrected chi connectivity index (χ3v) is 5.31. The van der Waals surface area contributed by atoms with Crippen molar-refractivity contribution < 1.29 is 19.4 Å². The van der Waals surface area contributed by atoms with Gasteiger partial charge in [-0.3, -0.25) is 14.5 Å². The molecule has 5 nitrogen and oxygen atoms in total. The van der Waals surface area contributed by atoms with E-state index < -0.39 is 11.1 Å². The summed E-state index contributed by atoms with van der Waals surface area (Å²) in [7, 11) is 0. The zero-order chi connectivity index (χ0) is 19.6. The number of thioether (sulfide) groups is 1. The van der Waals surface area contributed by atoms with Gasteiger partial charge in [0.05, 0.1) is 18.1 Å². The molecular formula is C19H15Cl2NO4S. The first-order chi connectivity index (χ1) is 12.9. The summed E-state index contributed by atoms with van der Waals surface area (Å²) in [6.07, 6.45) is 1.48. The first-order valence-electron chi connectivity index (χ1n) is 8.04. The Kier molecular flexibility index (Phi) is 5.99. The topological polar surface area (TPSA) is 66.8 Å². The van der Waals surface area contributed by atoms with Gasteiger partial charge in [0.15, 0.2) is 0 Å². The Balaban J connectivity index is 1.85. The van der Waals surface area contributed by atoms with Crippen molar-refractivity contribution in [2.45, 2.75) is 13.5 Å². The quantitative estimate of drug-likeness (QED) is 0.657. The lowest BCUT2D eigenvalue weighted by Gasteiger charge is -2.13. The number of nitrogens with zero attached hydrogens (tertiary/aromatic N) is 1. The van der Waals surface area contributed by atoms with E-state index in [9.17, 15) is 14.7 Å². The molecule has 0 saturated carbocycles. The van der Waals surface area contributed by atoms with Gasteiger partial charge in [-0.25, -0.2) is 0 Å². The summed E-state index contributed by atoms with van der Waals surface area (Å²) >= 11 is 12.8. The van der Waals surface area contributed by atoms with Gasteiger partial charge in [-0.2, -0.15) is 0 Å². The summed E-state index contributed by atoms with van der Waals surface area (Å²) in [5, 5.41) is 10.5. The van der Waals surface area contributed by atoms with Crippen molar-refractivity contribution in [1.29, 1.82) is 0 Å². The van der Waals surface area contributed by atoms with Crippen LogP contribution in [0.15, 0.2) is 41.3 Å². The summed E-state index contributed by atoms with van der Waals surface area (Å²) in [6.45, 7) is 2.37.